The Kier molecular flexibility index (Phi) is 4.37. The number of anilines is 1. The number of aryl methyl sites for hydroxylation is 1. The van der Waals surface area contributed by atoms with Gasteiger partial charge >= 0.3 is 0 Å². The van der Waals surface area contributed by atoms with Gasteiger partial charge in [0.25, 0.3) is 0 Å². The van der Waals surface area contributed by atoms with Gasteiger partial charge in [0.1, 0.15) is 0 Å². The van der Waals surface area contributed by atoms with E-state index >= 15 is 0 Å². The zero-order valence-electron chi connectivity index (χ0n) is 14.1. The quantitative estimate of drug-likeness (QED) is 0.628. The number of fused-ring (bicyclic) bond motifs is 3. The average Bonchev–Trinajstić information content (AvgIpc) is 3.04. The van der Waals surface area contributed by atoms with Gasteiger partial charge in [-0.05, 0) is 43.0 Å². The highest BCUT2D eigenvalue weighted by Crippen LogP contribution is 2.36. The summed E-state index contributed by atoms with van der Waals surface area (Å²) in [7, 11) is 0. The van der Waals surface area contributed by atoms with Gasteiger partial charge in [-0.2, -0.15) is 0 Å². The van der Waals surface area contributed by atoms with E-state index in [4.69, 9.17) is 0 Å². The molecule has 0 bridgehead atoms. The number of hydrogen-bond acceptors (Lipinski definition) is 3. The zero-order valence-corrected chi connectivity index (χ0v) is 14.1. The minimum absolute atomic E-state index is 0.0745. The molecule has 0 saturated heterocycles. The van der Waals surface area contributed by atoms with Gasteiger partial charge in [-0.15, -0.1) is 0 Å². The first-order valence-electron chi connectivity index (χ1n) is 8.84. The van der Waals surface area contributed by atoms with Crippen LogP contribution in [0.5, 0.6) is 0 Å². The number of nitrogens with one attached hydrogen (secondary N) is 3. The van der Waals surface area contributed by atoms with E-state index < -0.39 is 0 Å². The van der Waals surface area contributed by atoms with E-state index in [1.165, 1.54) is 10.9 Å². The zero-order chi connectivity index (χ0) is 17.1. The van der Waals surface area contributed by atoms with Crippen LogP contribution < -0.4 is 10.6 Å². The van der Waals surface area contributed by atoms with Crippen LogP contribution >= 0.6 is 0 Å². The van der Waals surface area contributed by atoms with Crippen LogP contribution in [0, 0.1) is 0 Å². The van der Waals surface area contributed by atoms with Crippen molar-refractivity contribution in [2.24, 2.45) is 0 Å². The lowest BCUT2D eigenvalue weighted by atomic mass is 9.86. The van der Waals surface area contributed by atoms with Crippen molar-refractivity contribution in [2.75, 3.05) is 18.4 Å². The van der Waals surface area contributed by atoms with Crippen LogP contribution in [0.1, 0.15) is 30.0 Å². The molecule has 1 atom stereocenters. The highest BCUT2D eigenvalue weighted by atomic mass is 16.1. The molecule has 5 heteroatoms. The Balaban J connectivity index is 1.40. The van der Waals surface area contributed by atoms with E-state index in [2.05, 4.69) is 38.8 Å². The molecule has 0 spiro atoms. The number of nitrogens with zero attached hydrogens (tertiary/aromatic N) is 1. The second kappa shape index (κ2) is 6.97. The molecular weight excluding hydrogens is 312 g/mol. The highest BCUT2D eigenvalue weighted by Gasteiger charge is 2.29. The number of hydrogen-bond donors (Lipinski definition) is 3. The molecule has 25 heavy (non-hydrogen) atoms. The maximum absolute atomic E-state index is 12.7. The van der Waals surface area contributed by atoms with E-state index in [9.17, 15) is 4.79 Å². The van der Waals surface area contributed by atoms with E-state index in [0.29, 0.717) is 13.1 Å². The summed E-state index contributed by atoms with van der Waals surface area (Å²) >= 11 is 0. The predicted molar refractivity (Wildman–Crippen MR) is 99.7 cm³/mol. The van der Waals surface area contributed by atoms with E-state index in [1.54, 1.807) is 12.4 Å². The maximum Gasteiger partial charge on any atom is 0.229 e. The van der Waals surface area contributed by atoms with Crippen molar-refractivity contribution in [3.8, 4) is 0 Å². The minimum atomic E-state index is -0.0745. The summed E-state index contributed by atoms with van der Waals surface area (Å²) in [6.07, 6.45) is 6.53. The molecule has 2 aromatic heterocycles. The van der Waals surface area contributed by atoms with Crippen molar-refractivity contribution in [1.82, 2.24) is 15.3 Å². The third-order valence-electron chi connectivity index (χ3n) is 4.85. The fraction of sp³-hybridized carbons (Fsp3) is 0.300. The number of carbonyl (C=O) groups excluding carboxylic acids is 1. The Hall–Kier alpha value is -2.82. The lowest BCUT2D eigenvalue weighted by Crippen LogP contribution is -2.34. The number of pyridine rings is 1. The van der Waals surface area contributed by atoms with Crippen LogP contribution in [0.4, 0.5) is 5.69 Å². The number of amides is 1. The van der Waals surface area contributed by atoms with Gasteiger partial charge in [0, 0.05) is 42.1 Å². The van der Waals surface area contributed by atoms with Crippen molar-refractivity contribution in [1.29, 1.82) is 0 Å². The molecule has 5 nitrogen and oxygen atoms in total. The standard InChI is InChI=1S/C20H22N4O/c25-20(23-12-11-22-14-5-4-10-21-13-14)17-8-3-7-16-15-6-1-2-9-18(15)24-19(16)17/h1-2,4-6,9-10,13,17,22,24H,3,7-8,11-12H2,(H,23,25). The molecule has 1 aromatic carbocycles. The van der Waals surface area contributed by atoms with Crippen LogP contribution in [0.25, 0.3) is 10.9 Å². The summed E-state index contributed by atoms with van der Waals surface area (Å²) in [5, 5.41) is 7.58. The van der Waals surface area contributed by atoms with E-state index in [-0.39, 0.29) is 11.8 Å². The Morgan fingerprint density at radius 3 is 3.00 bits per heavy atom. The van der Waals surface area contributed by atoms with Gasteiger partial charge in [-0.25, -0.2) is 0 Å². The lowest BCUT2D eigenvalue weighted by Gasteiger charge is -2.22. The number of rotatable bonds is 5. The smallest absolute Gasteiger partial charge is 0.229 e. The van der Waals surface area contributed by atoms with Crippen molar-refractivity contribution in [3.05, 3.63) is 60.0 Å². The van der Waals surface area contributed by atoms with E-state index in [1.807, 2.05) is 18.2 Å². The first-order valence-corrected chi connectivity index (χ1v) is 8.84. The molecule has 1 amide bonds. The molecule has 2 heterocycles. The Morgan fingerprint density at radius 1 is 1.20 bits per heavy atom. The normalized spacial score (nSPS) is 16.4. The molecule has 4 rings (SSSR count). The Labute approximate surface area is 146 Å². The van der Waals surface area contributed by atoms with Crippen molar-refractivity contribution in [2.45, 2.75) is 25.2 Å². The van der Waals surface area contributed by atoms with Crippen LogP contribution in [-0.2, 0) is 11.2 Å². The molecule has 1 unspecified atom stereocenters. The van der Waals surface area contributed by atoms with Crippen molar-refractivity contribution < 1.29 is 4.79 Å². The van der Waals surface area contributed by atoms with Crippen molar-refractivity contribution in [3.63, 3.8) is 0 Å². The second-order valence-electron chi connectivity index (χ2n) is 6.47. The molecule has 0 saturated carbocycles. The molecule has 1 aliphatic rings. The summed E-state index contributed by atoms with van der Waals surface area (Å²) in [5.41, 5.74) is 4.51. The molecular formula is C20H22N4O. The molecule has 0 radical (unpaired) electrons. The minimum Gasteiger partial charge on any atom is -0.382 e. The van der Waals surface area contributed by atoms with Crippen LogP contribution in [0.3, 0.4) is 0 Å². The third-order valence-corrected chi connectivity index (χ3v) is 4.85. The number of aromatic amines is 1. The van der Waals surface area contributed by atoms with Gasteiger partial charge < -0.3 is 15.6 Å². The van der Waals surface area contributed by atoms with Crippen LogP contribution in [-0.4, -0.2) is 29.0 Å². The molecule has 0 aliphatic heterocycles. The summed E-state index contributed by atoms with van der Waals surface area (Å²) in [6.45, 7) is 1.28. The molecule has 0 fully saturated rings. The number of para-hydroxylation sites is 1. The van der Waals surface area contributed by atoms with Gasteiger partial charge in [-0.3, -0.25) is 9.78 Å². The Morgan fingerprint density at radius 2 is 2.12 bits per heavy atom. The number of H-pyrrole nitrogens is 1. The number of aromatic nitrogens is 2. The average molecular weight is 334 g/mol. The summed E-state index contributed by atoms with van der Waals surface area (Å²) in [5.74, 6) is 0.0371. The largest absolute Gasteiger partial charge is 0.382 e. The lowest BCUT2D eigenvalue weighted by molar-refractivity contribution is -0.122. The fourth-order valence-electron chi connectivity index (χ4n) is 3.66. The van der Waals surface area contributed by atoms with Gasteiger partial charge in [0.05, 0.1) is 11.6 Å². The summed E-state index contributed by atoms with van der Waals surface area (Å²) in [4.78, 5) is 20.2. The topological polar surface area (TPSA) is 69.8 Å². The summed E-state index contributed by atoms with van der Waals surface area (Å²) < 4.78 is 0. The van der Waals surface area contributed by atoms with Gasteiger partial charge in [0.2, 0.25) is 5.91 Å². The van der Waals surface area contributed by atoms with Crippen molar-refractivity contribution >= 4 is 22.5 Å². The second-order valence-corrected chi connectivity index (χ2v) is 6.47. The van der Waals surface area contributed by atoms with Crippen LogP contribution in [0.2, 0.25) is 0 Å². The van der Waals surface area contributed by atoms with Crippen LogP contribution in [0.15, 0.2) is 48.8 Å². The molecule has 3 aromatic rings. The SMILES string of the molecule is O=C(NCCNc1cccnc1)C1CCCc2c1[nH]c1ccccc21. The predicted octanol–water partition coefficient (Wildman–Crippen LogP) is 3.21. The van der Waals surface area contributed by atoms with E-state index in [0.717, 1.165) is 36.2 Å². The summed E-state index contributed by atoms with van der Waals surface area (Å²) in [6, 6.07) is 12.2. The number of carbonyl (C=O) groups is 1. The molecule has 3 N–H and O–H groups in total. The van der Waals surface area contributed by atoms with Gasteiger partial charge in [0.15, 0.2) is 0 Å². The maximum atomic E-state index is 12.7. The third kappa shape index (κ3) is 3.22. The Bertz CT molecular complexity index is 872. The molecule has 1 aliphatic carbocycles. The molecule has 128 valence electrons. The fourth-order valence-corrected chi connectivity index (χ4v) is 3.66. The first-order chi connectivity index (χ1) is 12.3. The first kappa shape index (κ1) is 15.7. The highest BCUT2D eigenvalue weighted by molar-refractivity contribution is 5.90. The monoisotopic (exact) mass is 334 g/mol. The van der Waals surface area contributed by atoms with Gasteiger partial charge in [-0.1, -0.05) is 18.2 Å². The number of benzene rings is 1.